The van der Waals surface area contributed by atoms with E-state index in [-0.39, 0.29) is 5.75 Å². The molecule has 4 heteroatoms. The average molecular weight is 294 g/mol. The van der Waals surface area contributed by atoms with Crippen LogP contribution in [0.4, 0.5) is 0 Å². The van der Waals surface area contributed by atoms with Gasteiger partial charge in [0.25, 0.3) is 0 Å². The topological polar surface area (TPSA) is 44.1 Å². The number of halogens is 2. The molecule has 2 nitrogen and oxygen atoms in total. The van der Waals surface area contributed by atoms with Crippen LogP contribution in [-0.4, -0.2) is 10.8 Å². The van der Waals surface area contributed by atoms with Crippen LogP contribution in [0.1, 0.15) is 17.5 Å². The smallest absolute Gasteiger partial charge is 0.126 e. The van der Waals surface area contributed by atoms with Gasteiger partial charge in [-0.3, -0.25) is 0 Å². The van der Waals surface area contributed by atoms with Gasteiger partial charge in [-0.15, -0.1) is 0 Å². The van der Waals surface area contributed by atoms with Crippen molar-refractivity contribution in [1.82, 2.24) is 0 Å². The minimum atomic E-state index is 0.0386. The minimum Gasteiger partial charge on any atom is -0.507 e. The van der Waals surface area contributed by atoms with Crippen molar-refractivity contribution in [3.63, 3.8) is 0 Å². The molecule has 2 aromatic rings. The molecule has 0 aliphatic heterocycles. The second kappa shape index (κ2) is 6.09. The molecule has 19 heavy (non-hydrogen) atoms. The predicted molar refractivity (Wildman–Crippen MR) is 79.7 cm³/mol. The minimum absolute atomic E-state index is 0.0386. The molecule has 0 bridgehead atoms. The molecule has 0 radical (unpaired) electrons. The molecule has 0 unspecified atom stereocenters. The van der Waals surface area contributed by atoms with E-state index in [1.165, 1.54) is 6.07 Å². The zero-order chi connectivity index (χ0) is 13.8. The number of nitrogens with one attached hydrogen (secondary N) is 1. The molecule has 0 aromatic heterocycles. The van der Waals surface area contributed by atoms with Crippen molar-refractivity contribution in [3.8, 4) is 5.75 Å². The molecule has 0 spiro atoms. The third-order valence-corrected chi connectivity index (χ3v) is 3.49. The highest BCUT2D eigenvalue weighted by Gasteiger charge is 2.09. The first-order chi connectivity index (χ1) is 9.08. The van der Waals surface area contributed by atoms with Crippen molar-refractivity contribution in [2.45, 2.75) is 12.8 Å². The Morgan fingerprint density at radius 1 is 1.11 bits per heavy atom. The van der Waals surface area contributed by atoms with Crippen LogP contribution in [0.15, 0.2) is 42.5 Å². The number of phenolic OH excluding ortho intramolecular Hbond substituents is 1. The molecular formula is C15H13Cl2NO. The summed E-state index contributed by atoms with van der Waals surface area (Å²) in [4.78, 5) is 0. The molecule has 98 valence electrons. The summed E-state index contributed by atoms with van der Waals surface area (Å²) in [6, 6.07) is 12.3. The number of hydrogen-bond donors (Lipinski definition) is 2. The summed E-state index contributed by atoms with van der Waals surface area (Å²) in [5.41, 5.74) is 1.88. The van der Waals surface area contributed by atoms with E-state index < -0.39 is 0 Å². The number of hydrogen-bond acceptors (Lipinski definition) is 2. The van der Waals surface area contributed by atoms with Crippen LogP contribution in [0, 0.1) is 5.41 Å². The summed E-state index contributed by atoms with van der Waals surface area (Å²) in [6.45, 7) is 0. The molecule has 0 aliphatic rings. The molecule has 2 aromatic carbocycles. The zero-order valence-corrected chi connectivity index (χ0v) is 11.7. The van der Waals surface area contributed by atoms with Crippen molar-refractivity contribution < 1.29 is 5.11 Å². The third kappa shape index (κ3) is 3.49. The van der Waals surface area contributed by atoms with Gasteiger partial charge < -0.3 is 10.5 Å². The monoisotopic (exact) mass is 293 g/mol. The molecule has 0 atom stereocenters. The quantitative estimate of drug-likeness (QED) is 0.789. The van der Waals surface area contributed by atoms with Crippen LogP contribution in [0.3, 0.4) is 0 Å². The summed E-state index contributed by atoms with van der Waals surface area (Å²) >= 11 is 11.8. The molecule has 0 fully saturated rings. The normalized spacial score (nSPS) is 10.4. The molecule has 2 rings (SSSR count). The molecule has 0 amide bonds. The van der Waals surface area contributed by atoms with Crippen LogP contribution >= 0.6 is 23.2 Å². The SMILES string of the molecule is N=C(CCc1ccccc1Cl)c1ccc(Cl)cc1O. The number of phenols is 1. The van der Waals surface area contributed by atoms with Gasteiger partial charge in [0.2, 0.25) is 0 Å². The van der Waals surface area contributed by atoms with Gasteiger partial charge in [-0.05, 0) is 42.7 Å². The average Bonchev–Trinajstić information content (AvgIpc) is 2.37. The largest absolute Gasteiger partial charge is 0.507 e. The summed E-state index contributed by atoms with van der Waals surface area (Å²) in [7, 11) is 0. The summed E-state index contributed by atoms with van der Waals surface area (Å²) in [5.74, 6) is 0.0386. The van der Waals surface area contributed by atoms with Crippen LogP contribution in [0.2, 0.25) is 10.0 Å². The fraction of sp³-hybridized carbons (Fsp3) is 0.133. The standard InChI is InChI=1S/C15H13Cl2NO/c16-11-6-7-12(15(19)9-11)14(18)8-5-10-3-1-2-4-13(10)17/h1-4,6-7,9,18-19H,5,8H2. The highest BCUT2D eigenvalue weighted by Crippen LogP contribution is 2.24. The molecule has 2 N–H and O–H groups in total. The second-order valence-corrected chi connectivity index (χ2v) is 5.08. The number of aromatic hydroxyl groups is 1. The molecule has 0 heterocycles. The molecular weight excluding hydrogens is 281 g/mol. The highest BCUT2D eigenvalue weighted by molar-refractivity contribution is 6.31. The molecule has 0 aliphatic carbocycles. The lowest BCUT2D eigenvalue weighted by Gasteiger charge is -2.08. The van der Waals surface area contributed by atoms with E-state index in [0.717, 1.165) is 5.56 Å². The Balaban J connectivity index is 2.08. The van der Waals surface area contributed by atoms with Crippen LogP contribution in [0.5, 0.6) is 5.75 Å². The Hall–Kier alpha value is -1.51. The van der Waals surface area contributed by atoms with Gasteiger partial charge in [0.15, 0.2) is 0 Å². The number of benzene rings is 2. The lowest BCUT2D eigenvalue weighted by Crippen LogP contribution is -2.02. The van der Waals surface area contributed by atoms with Crippen molar-refractivity contribution in [3.05, 3.63) is 63.6 Å². The summed E-state index contributed by atoms with van der Waals surface area (Å²) < 4.78 is 0. The number of aryl methyl sites for hydroxylation is 1. The van der Waals surface area contributed by atoms with Crippen molar-refractivity contribution in [2.24, 2.45) is 0 Å². The first-order valence-electron chi connectivity index (χ1n) is 5.87. The van der Waals surface area contributed by atoms with Gasteiger partial charge in [-0.2, -0.15) is 0 Å². The highest BCUT2D eigenvalue weighted by atomic mass is 35.5. The van der Waals surface area contributed by atoms with Gasteiger partial charge in [0, 0.05) is 21.3 Å². The van der Waals surface area contributed by atoms with Crippen LogP contribution in [-0.2, 0) is 6.42 Å². The Kier molecular flexibility index (Phi) is 4.46. The van der Waals surface area contributed by atoms with E-state index >= 15 is 0 Å². The van der Waals surface area contributed by atoms with Crippen LogP contribution < -0.4 is 0 Å². The third-order valence-electron chi connectivity index (χ3n) is 2.89. The van der Waals surface area contributed by atoms with E-state index in [4.69, 9.17) is 28.6 Å². The van der Waals surface area contributed by atoms with Crippen molar-refractivity contribution in [2.75, 3.05) is 0 Å². The predicted octanol–water partition coefficient (Wildman–Crippen LogP) is 4.70. The fourth-order valence-electron chi connectivity index (χ4n) is 1.86. The van der Waals surface area contributed by atoms with E-state index in [2.05, 4.69) is 0 Å². The second-order valence-electron chi connectivity index (χ2n) is 4.23. The van der Waals surface area contributed by atoms with Gasteiger partial charge in [0.05, 0.1) is 0 Å². The number of rotatable bonds is 4. The van der Waals surface area contributed by atoms with Crippen molar-refractivity contribution >= 4 is 28.9 Å². The fourth-order valence-corrected chi connectivity index (χ4v) is 2.25. The van der Waals surface area contributed by atoms with Gasteiger partial charge in [0.1, 0.15) is 5.75 Å². The van der Waals surface area contributed by atoms with Gasteiger partial charge in [-0.25, -0.2) is 0 Å². The van der Waals surface area contributed by atoms with E-state index in [1.54, 1.807) is 12.1 Å². The lowest BCUT2D eigenvalue weighted by atomic mass is 10.0. The van der Waals surface area contributed by atoms with E-state index in [0.29, 0.717) is 34.2 Å². The summed E-state index contributed by atoms with van der Waals surface area (Å²) in [6.07, 6.45) is 1.18. The Morgan fingerprint density at radius 2 is 1.84 bits per heavy atom. The van der Waals surface area contributed by atoms with E-state index in [9.17, 15) is 5.11 Å². The first-order valence-corrected chi connectivity index (χ1v) is 6.63. The Morgan fingerprint density at radius 3 is 2.53 bits per heavy atom. The van der Waals surface area contributed by atoms with E-state index in [1.807, 2.05) is 24.3 Å². The maximum absolute atomic E-state index is 9.76. The first kappa shape index (κ1) is 13.9. The van der Waals surface area contributed by atoms with Gasteiger partial charge in [-0.1, -0.05) is 41.4 Å². The maximum Gasteiger partial charge on any atom is 0.126 e. The Labute approximate surface area is 122 Å². The van der Waals surface area contributed by atoms with Crippen molar-refractivity contribution in [1.29, 1.82) is 5.41 Å². The summed E-state index contributed by atoms with van der Waals surface area (Å²) in [5, 5.41) is 18.9. The zero-order valence-electron chi connectivity index (χ0n) is 10.2. The van der Waals surface area contributed by atoms with Gasteiger partial charge >= 0.3 is 0 Å². The Bertz CT molecular complexity index is 611. The molecule has 0 saturated heterocycles. The lowest BCUT2D eigenvalue weighted by molar-refractivity contribution is 0.474. The van der Waals surface area contributed by atoms with Crippen LogP contribution in [0.25, 0.3) is 0 Å². The molecule has 0 saturated carbocycles. The maximum atomic E-state index is 9.76.